The number of amides is 1. The number of benzene rings is 1. The lowest BCUT2D eigenvalue weighted by atomic mass is 9.92. The summed E-state index contributed by atoms with van der Waals surface area (Å²) in [5.74, 6) is -0.853. The molecule has 1 atom stereocenters. The number of nitrogens with zero attached hydrogens (tertiary/aromatic N) is 1. The van der Waals surface area contributed by atoms with Crippen LogP contribution in [0.2, 0.25) is 0 Å². The van der Waals surface area contributed by atoms with Crippen molar-refractivity contribution < 1.29 is 19.4 Å². The summed E-state index contributed by atoms with van der Waals surface area (Å²) >= 11 is 0. The van der Waals surface area contributed by atoms with E-state index in [1.807, 2.05) is 24.3 Å². The maximum Gasteiger partial charge on any atom is 0.410 e. The molecule has 0 bridgehead atoms. The molecule has 0 fully saturated rings. The summed E-state index contributed by atoms with van der Waals surface area (Å²) in [4.78, 5) is 24.5. The lowest BCUT2D eigenvalue weighted by Gasteiger charge is -2.36. The van der Waals surface area contributed by atoms with Gasteiger partial charge in [0.25, 0.3) is 0 Å². The molecule has 1 N–H and O–H groups in total. The van der Waals surface area contributed by atoms with Crippen molar-refractivity contribution in [3.05, 3.63) is 48.0 Å². The fourth-order valence-electron chi connectivity index (χ4n) is 2.56. The minimum absolute atomic E-state index is 0.0398. The molecule has 1 aromatic rings. The van der Waals surface area contributed by atoms with Gasteiger partial charge in [-0.25, -0.2) is 4.79 Å². The molecule has 1 heterocycles. The van der Waals surface area contributed by atoms with E-state index in [1.54, 1.807) is 4.90 Å². The number of ether oxygens (including phenoxy) is 1. The van der Waals surface area contributed by atoms with Gasteiger partial charge >= 0.3 is 12.1 Å². The minimum Gasteiger partial charge on any atom is -0.481 e. The number of hydrogen-bond donors (Lipinski definition) is 1. The smallest absolute Gasteiger partial charge is 0.410 e. The van der Waals surface area contributed by atoms with Crippen LogP contribution in [-0.4, -0.2) is 34.7 Å². The van der Waals surface area contributed by atoms with Crippen molar-refractivity contribution in [3.63, 3.8) is 0 Å². The maximum absolute atomic E-state index is 12.1. The highest BCUT2D eigenvalue weighted by Gasteiger charge is 2.30. The summed E-state index contributed by atoms with van der Waals surface area (Å²) in [5.41, 5.74) is 2.25. The van der Waals surface area contributed by atoms with E-state index < -0.39 is 12.1 Å². The first kappa shape index (κ1) is 15.1. The number of carbonyl (C=O) groups excluding carboxylic acids is 1. The lowest BCUT2D eigenvalue weighted by Crippen LogP contribution is -2.44. The van der Waals surface area contributed by atoms with Crippen LogP contribution in [0.1, 0.15) is 24.0 Å². The third kappa shape index (κ3) is 3.84. The standard InChI is InChI=1S/C16H19NO4/c1-2-9-21-16(20)17-11-13-6-4-3-5-12(13)10-14(17)7-8-15(18)19/h2-6,14H,1,7-11H2,(H,18,19). The van der Waals surface area contributed by atoms with Crippen LogP contribution in [0.15, 0.2) is 36.9 Å². The van der Waals surface area contributed by atoms with E-state index in [0.29, 0.717) is 19.4 Å². The zero-order chi connectivity index (χ0) is 15.2. The van der Waals surface area contributed by atoms with E-state index in [2.05, 4.69) is 6.58 Å². The predicted octanol–water partition coefficient (Wildman–Crippen LogP) is 2.60. The van der Waals surface area contributed by atoms with Crippen molar-refractivity contribution in [2.75, 3.05) is 6.61 Å². The van der Waals surface area contributed by atoms with Crippen molar-refractivity contribution in [2.45, 2.75) is 31.8 Å². The molecule has 0 aromatic heterocycles. The Labute approximate surface area is 123 Å². The Hall–Kier alpha value is -2.30. The van der Waals surface area contributed by atoms with E-state index in [1.165, 1.54) is 11.6 Å². The zero-order valence-corrected chi connectivity index (χ0v) is 11.8. The topological polar surface area (TPSA) is 66.8 Å². The monoisotopic (exact) mass is 289 g/mol. The molecule has 1 amide bonds. The maximum atomic E-state index is 12.1. The van der Waals surface area contributed by atoms with Crippen LogP contribution in [0.5, 0.6) is 0 Å². The summed E-state index contributed by atoms with van der Waals surface area (Å²) in [6, 6.07) is 7.75. The Morgan fingerprint density at radius 2 is 2.10 bits per heavy atom. The fraction of sp³-hybridized carbons (Fsp3) is 0.375. The quantitative estimate of drug-likeness (QED) is 0.846. The van der Waals surface area contributed by atoms with Gasteiger partial charge in [0.15, 0.2) is 0 Å². The van der Waals surface area contributed by atoms with Gasteiger partial charge in [-0.15, -0.1) is 0 Å². The Bertz CT molecular complexity index is 541. The molecule has 0 aliphatic carbocycles. The Morgan fingerprint density at radius 3 is 2.76 bits per heavy atom. The summed E-state index contributed by atoms with van der Waals surface area (Å²) in [6.07, 6.45) is 2.22. The van der Waals surface area contributed by atoms with Gasteiger partial charge in [-0.1, -0.05) is 36.9 Å². The Balaban J connectivity index is 2.15. The molecule has 2 rings (SSSR count). The minimum atomic E-state index is -0.853. The molecule has 5 heteroatoms. The second-order valence-corrected chi connectivity index (χ2v) is 5.05. The van der Waals surface area contributed by atoms with Crippen LogP contribution >= 0.6 is 0 Å². The normalized spacial score (nSPS) is 17.0. The van der Waals surface area contributed by atoms with Crippen molar-refractivity contribution in [3.8, 4) is 0 Å². The van der Waals surface area contributed by atoms with E-state index in [0.717, 1.165) is 5.56 Å². The van der Waals surface area contributed by atoms with Crippen molar-refractivity contribution in [2.24, 2.45) is 0 Å². The highest BCUT2D eigenvalue weighted by atomic mass is 16.6. The average molecular weight is 289 g/mol. The summed E-state index contributed by atoms with van der Waals surface area (Å²) in [7, 11) is 0. The molecule has 1 aliphatic rings. The number of hydrogen-bond acceptors (Lipinski definition) is 3. The van der Waals surface area contributed by atoms with Crippen LogP contribution < -0.4 is 0 Å². The third-order valence-corrected chi connectivity index (χ3v) is 3.61. The zero-order valence-electron chi connectivity index (χ0n) is 11.8. The van der Waals surface area contributed by atoms with Crippen molar-refractivity contribution in [1.29, 1.82) is 0 Å². The first-order valence-electron chi connectivity index (χ1n) is 6.94. The molecule has 1 aromatic carbocycles. The highest BCUT2D eigenvalue weighted by Crippen LogP contribution is 2.26. The molecule has 1 aliphatic heterocycles. The Kier molecular flexibility index (Phi) is 4.98. The molecule has 0 radical (unpaired) electrons. The molecule has 112 valence electrons. The van der Waals surface area contributed by atoms with Gasteiger partial charge in [0.2, 0.25) is 0 Å². The van der Waals surface area contributed by atoms with Gasteiger partial charge in [-0.05, 0) is 24.0 Å². The largest absolute Gasteiger partial charge is 0.481 e. The van der Waals surface area contributed by atoms with Crippen LogP contribution in [0, 0.1) is 0 Å². The highest BCUT2D eigenvalue weighted by molar-refractivity contribution is 5.69. The molecular formula is C16H19NO4. The molecule has 5 nitrogen and oxygen atoms in total. The van der Waals surface area contributed by atoms with Gasteiger partial charge in [-0.3, -0.25) is 4.79 Å². The molecule has 21 heavy (non-hydrogen) atoms. The van der Waals surface area contributed by atoms with Crippen molar-refractivity contribution in [1.82, 2.24) is 4.90 Å². The van der Waals surface area contributed by atoms with Crippen LogP contribution in [0.4, 0.5) is 4.79 Å². The summed E-state index contributed by atoms with van der Waals surface area (Å²) < 4.78 is 5.10. The van der Waals surface area contributed by atoms with E-state index in [4.69, 9.17) is 9.84 Å². The van der Waals surface area contributed by atoms with Gasteiger partial charge in [0.05, 0.1) is 0 Å². The number of carbonyl (C=O) groups is 2. The van der Waals surface area contributed by atoms with Gasteiger partial charge in [0, 0.05) is 19.0 Å². The Morgan fingerprint density at radius 1 is 1.38 bits per heavy atom. The second kappa shape index (κ2) is 6.92. The number of rotatable bonds is 5. The molecule has 1 unspecified atom stereocenters. The van der Waals surface area contributed by atoms with E-state index in [-0.39, 0.29) is 19.1 Å². The van der Waals surface area contributed by atoms with E-state index >= 15 is 0 Å². The number of carboxylic acids is 1. The molecule has 0 saturated carbocycles. The summed E-state index contributed by atoms with van der Waals surface area (Å²) in [5, 5.41) is 8.86. The number of carboxylic acid groups (broad SMARTS) is 1. The molecule has 0 spiro atoms. The van der Waals surface area contributed by atoms with Gasteiger partial charge < -0.3 is 14.7 Å². The van der Waals surface area contributed by atoms with Crippen molar-refractivity contribution >= 4 is 12.1 Å². The SMILES string of the molecule is C=CCOC(=O)N1Cc2ccccc2CC1CCC(=O)O. The van der Waals surface area contributed by atoms with Crippen LogP contribution in [0.25, 0.3) is 0 Å². The average Bonchev–Trinajstić information content (AvgIpc) is 2.49. The van der Waals surface area contributed by atoms with Gasteiger partial charge in [0.1, 0.15) is 6.61 Å². The fourth-order valence-corrected chi connectivity index (χ4v) is 2.56. The second-order valence-electron chi connectivity index (χ2n) is 5.05. The van der Waals surface area contributed by atoms with Gasteiger partial charge in [-0.2, -0.15) is 0 Å². The lowest BCUT2D eigenvalue weighted by molar-refractivity contribution is -0.137. The molecule has 0 saturated heterocycles. The number of aliphatic carboxylic acids is 1. The first-order valence-corrected chi connectivity index (χ1v) is 6.94. The van der Waals surface area contributed by atoms with E-state index in [9.17, 15) is 9.59 Å². The van der Waals surface area contributed by atoms with Crippen LogP contribution in [0.3, 0.4) is 0 Å². The summed E-state index contributed by atoms with van der Waals surface area (Å²) in [6.45, 7) is 4.13. The number of fused-ring (bicyclic) bond motifs is 1. The first-order chi connectivity index (χ1) is 10.1. The van der Waals surface area contributed by atoms with Crippen LogP contribution in [-0.2, 0) is 22.5 Å². The third-order valence-electron chi connectivity index (χ3n) is 3.61. The molecular weight excluding hydrogens is 270 g/mol. The predicted molar refractivity (Wildman–Crippen MR) is 77.9 cm³/mol.